The molecule has 0 saturated heterocycles. The van der Waals surface area contributed by atoms with Gasteiger partial charge in [-0.15, -0.1) is 0 Å². The zero-order valence-electron chi connectivity index (χ0n) is 16.7. The Morgan fingerprint density at radius 1 is 0.615 bits per heavy atom. The molecule has 0 heterocycles. The molecule has 1 aliphatic rings. The van der Waals surface area contributed by atoms with Gasteiger partial charge < -0.3 is 0 Å². The summed E-state index contributed by atoms with van der Waals surface area (Å²) in [5.74, 6) is 0. The fraction of sp³-hybridized carbons (Fsp3) is 0.538. The van der Waals surface area contributed by atoms with E-state index in [1.165, 1.54) is 100 Å². The third-order valence-corrected chi connectivity index (χ3v) is 5.96. The molecule has 140 valence electrons. The molecule has 0 saturated carbocycles. The molecule has 0 spiro atoms. The van der Waals surface area contributed by atoms with Gasteiger partial charge in [0.1, 0.15) is 0 Å². The molecule has 2 aromatic rings. The van der Waals surface area contributed by atoms with E-state index in [0.717, 1.165) is 0 Å². The van der Waals surface area contributed by atoms with Crippen LogP contribution in [0.1, 0.15) is 87.8 Å². The number of benzene rings is 2. The molecule has 2 aromatic carbocycles. The van der Waals surface area contributed by atoms with E-state index < -0.39 is 0 Å². The second kappa shape index (κ2) is 10.6. The Kier molecular flexibility index (Phi) is 7.80. The summed E-state index contributed by atoms with van der Waals surface area (Å²) in [5, 5.41) is 0. The van der Waals surface area contributed by atoms with E-state index in [9.17, 15) is 0 Å². The first-order chi connectivity index (χ1) is 12.9. The first kappa shape index (κ1) is 19.2. The number of hydrogen-bond acceptors (Lipinski definition) is 0. The highest BCUT2D eigenvalue weighted by atomic mass is 14.2. The molecule has 1 aliphatic carbocycles. The second-order valence-corrected chi connectivity index (χ2v) is 8.08. The van der Waals surface area contributed by atoms with Crippen molar-refractivity contribution in [3.63, 3.8) is 0 Å². The van der Waals surface area contributed by atoms with Gasteiger partial charge >= 0.3 is 0 Å². The topological polar surface area (TPSA) is 0 Å². The molecule has 0 unspecified atom stereocenters. The minimum Gasteiger partial charge on any atom is -0.0654 e. The molecule has 0 heteroatoms. The lowest BCUT2D eigenvalue weighted by atomic mass is 9.84. The maximum atomic E-state index is 2.49. The average Bonchev–Trinajstić information content (AvgIpc) is 2.69. The Balaban J connectivity index is 1.37. The van der Waals surface area contributed by atoms with Crippen LogP contribution in [0.2, 0.25) is 0 Å². The number of hydrogen-bond donors (Lipinski definition) is 0. The maximum absolute atomic E-state index is 2.49. The molecule has 0 fully saturated rings. The highest BCUT2D eigenvalue weighted by Crippen LogP contribution is 2.34. The van der Waals surface area contributed by atoms with Crippen molar-refractivity contribution >= 4 is 0 Å². The van der Waals surface area contributed by atoms with Crippen LogP contribution < -0.4 is 0 Å². The van der Waals surface area contributed by atoms with E-state index in [0.29, 0.717) is 0 Å². The van der Waals surface area contributed by atoms with E-state index in [1.807, 2.05) is 0 Å². The molecule has 0 N–H and O–H groups in total. The van der Waals surface area contributed by atoms with E-state index in [1.54, 1.807) is 11.1 Å². The summed E-state index contributed by atoms with van der Waals surface area (Å²) >= 11 is 0. The minimum atomic E-state index is 1.20. The standard InChI is InChI=1S/C26H36/c1-2-3-4-5-6-7-8-9-10-11-14-22-17-20-26-24(21-22)19-18-23-15-12-13-16-25(23)26/h12-13,15-17,20-21H,2-11,14,18-19H2,1H3. The largest absolute Gasteiger partial charge is 0.0654 e. The zero-order valence-corrected chi connectivity index (χ0v) is 16.7. The van der Waals surface area contributed by atoms with Crippen LogP contribution in [0.3, 0.4) is 0 Å². The molecule has 0 amide bonds. The van der Waals surface area contributed by atoms with Gasteiger partial charge in [0, 0.05) is 0 Å². The van der Waals surface area contributed by atoms with Gasteiger partial charge in [0.05, 0.1) is 0 Å². The van der Waals surface area contributed by atoms with Crippen LogP contribution in [0, 0.1) is 0 Å². The molecule has 0 nitrogen and oxygen atoms in total. The van der Waals surface area contributed by atoms with Crippen molar-refractivity contribution < 1.29 is 0 Å². The molecule has 0 radical (unpaired) electrons. The maximum Gasteiger partial charge on any atom is -0.0149 e. The molecule has 26 heavy (non-hydrogen) atoms. The molecule has 0 bridgehead atoms. The Morgan fingerprint density at radius 2 is 1.23 bits per heavy atom. The molecular weight excluding hydrogens is 312 g/mol. The summed E-state index contributed by atoms with van der Waals surface area (Å²) in [5.41, 5.74) is 7.55. The molecule has 3 rings (SSSR count). The fourth-order valence-corrected chi connectivity index (χ4v) is 4.36. The quantitative estimate of drug-likeness (QED) is 0.362. The van der Waals surface area contributed by atoms with Crippen molar-refractivity contribution in [2.75, 3.05) is 0 Å². The zero-order chi connectivity index (χ0) is 18.0. The van der Waals surface area contributed by atoms with Crippen LogP contribution in [0.5, 0.6) is 0 Å². The lowest BCUT2D eigenvalue weighted by Crippen LogP contribution is -2.04. The Labute approximate surface area is 161 Å². The van der Waals surface area contributed by atoms with Crippen LogP contribution in [0.25, 0.3) is 11.1 Å². The van der Waals surface area contributed by atoms with E-state index in [4.69, 9.17) is 0 Å². The Hall–Kier alpha value is -1.56. The van der Waals surface area contributed by atoms with Gasteiger partial charge in [0.15, 0.2) is 0 Å². The number of rotatable bonds is 11. The van der Waals surface area contributed by atoms with Crippen LogP contribution in [0.15, 0.2) is 42.5 Å². The molecule has 0 atom stereocenters. The summed E-state index contributed by atoms with van der Waals surface area (Å²) in [7, 11) is 0. The van der Waals surface area contributed by atoms with Gasteiger partial charge in [-0.25, -0.2) is 0 Å². The van der Waals surface area contributed by atoms with Crippen LogP contribution >= 0.6 is 0 Å². The van der Waals surface area contributed by atoms with Crippen molar-refractivity contribution in [3.8, 4) is 11.1 Å². The van der Waals surface area contributed by atoms with Crippen molar-refractivity contribution in [3.05, 3.63) is 59.2 Å². The Morgan fingerprint density at radius 3 is 2.00 bits per heavy atom. The van der Waals surface area contributed by atoms with E-state index >= 15 is 0 Å². The average molecular weight is 349 g/mol. The lowest BCUT2D eigenvalue weighted by Gasteiger charge is -2.20. The Bertz CT molecular complexity index is 667. The number of aryl methyl sites for hydroxylation is 3. The third kappa shape index (κ3) is 5.47. The number of unbranched alkanes of at least 4 members (excludes halogenated alkanes) is 9. The molecule has 0 aromatic heterocycles. The van der Waals surface area contributed by atoms with Gasteiger partial charge in [0.25, 0.3) is 0 Å². The highest BCUT2D eigenvalue weighted by Gasteiger charge is 2.15. The smallest absolute Gasteiger partial charge is 0.0149 e. The molecular formula is C26H36. The van der Waals surface area contributed by atoms with E-state index in [-0.39, 0.29) is 0 Å². The monoisotopic (exact) mass is 348 g/mol. The number of fused-ring (bicyclic) bond motifs is 3. The SMILES string of the molecule is CCCCCCCCCCCCc1ccc2c(c1)CCc1ccccc1-2. The van der Waals surface area contributed by atoms with Crippen LogP contribution in [0.4, 0.5) is 0 Å². The predicted octanol–water partition coefficient (Wildman–Crippen LogP) is 7.92. The predicted molar refractivity (Wildman–Crippen MR) is 115 cm³/mol. The summed E-state index contributed by atoms with van der Waals surface area (Å²) < 4.78 is 0. The molecule has 0 aliphatic heterocycles. The first-order valence-electron chi connectivity index (χ1n) is 11.1. The van der Waals surface area contributed by atoms with Gasteiger partial charge in [0.2, 0.25) is 0 Å². The van der Waals surface area contributed by atoms with Gasteiger partial charge in [-0.2, -0.15) is 0 Å². The van der Waals surface area contributed by atoms with Crippen molar-refractivity contribution in [2.24, 2.45) is 0 Å². The third-order valence-electron chi connectivity index (χ3n) is 5.96. The van der Waals surface area contributed by atoms with Crippen molar-refractivity contribution in [2.45, 2.75) is 90.4 Å². The first-order valence-corrected chi connectivity index (χ1v) is 11.1. The summed E-state index contributed by atoms with van der Waals surface area (Å²) in [4.78, 5) is 0. The fourth-order valence-electron chi connectivity index (χ4n) is 4.36. The van der Waals surface area contributed by atoms with Crippen LogP contribution in [-0.4, -0.2) is 0 Å². The van der Waals surface area contributed by atoms with Gasteiger partial charge in [-0.3, -0.25) is 0 Å². The van der Waals surface area contributed by atoms with Gasteiger partial charge in [-0.05, 0) is 53.5 Å². The summed E-state index contributed by atoms with van der Waals surface area (Å²) in [6, 6.07) is 16.1. The van der Waals surface area contributed by atoms with Crippen molar-refractivity contribution in [1.82, 2.24) is 0 Å². The summed E-state index contributed by atoms with van der Waals surface area (Å²) in [6.07, 6.45) is 17.8. The highest BCUT2D eigenvalue weighted by molar-refractivity contribution is 5.73. The normalized spacial score (nSPS) is 12.7. The van der Waals surface area contributed by atoms with Crippen molar-refractivity contribution in [1.29, 1.82) is 0 Å². The second-order valence-electron chi connectivity index (χ2n) is 8.08. The lowest BCUT2D eigenvalue weighted by molar-refractivity contribution is 0.556. The van der Waals surface area contributed by atoms with Crippen LogP contribution in [-0.2, 0) is 19.3 Å². The summed E-state index contributed by atoms with van der Waals surface area (Å²) in [6.45, 7) is 2.29. The minimum absolute atomic E-state index is 1.20. The van der Waals surface area contributed by atoms with Gasteiger partial charge in [-0.1, -0.05) is 107 Å². The van der Waals surface area contributed by atoms with E-state index in [2.05, 4.69) is 49.4 Å².